The second-order valence-corrected chi connectivity index (χ2v) is 5.22. The number of carbonyl (C=O) groups excluding carboxylic acids is 1. The highest BCUT2D eigenvalue weighted by Gasteiger charge is 2.30. The zero-order valence-electron chi connectivity index (χ0n) is 10.7. The maximum Gasteiger partial charge on any atom is 0.323 e. The topological polar surface area (TPSA) is 78.4 Å². The van der Waals surface area contributed by atoms with Crippen molar-refractivity contribution in [2.24, 2.45) is 0 Å². The fraction of sp³-hybridized carbons (Fsp3) is 0.308. The molecule has 0 saturated carbocycles. The molecule has 1 aromatic heterocycles. The second kappa shape index (κ2) is 5.46. The first kappa shape index (κ1) is 12.9. The van der Waals surface area contributed by atoms with E-state index in [4.69, 9.17) is 0 Å². The number of phenols is 1. The average Bonchev–Trinajstić information content (AvgIpc) is 3.10. The van der Waals surface area contributed by atoms with Gasteiger partial charge in [-0.05, 0) is 30.5 Å². The van der Waals surface area contributed by atoms with E-state index in [1.807, 2.05) is 12.1 Å². The molecule has 0 aliphatic carbocycles. The highest BCUT2D eigenvalue weighted by molar-refractivity contribution is 6.99. The summed E-state index contributed by atoms with van der Waals surface area (Å²) in [5.41, 5.74) is 1.03. The Hall–Kier alpha value is -2.15. The number of hydrogen-bond acceptors (Lipinski definition) is 5. The molecule has 0 radical (unpaired) electrons. The Morgan fingerprint density at radius 2 is 2.20 bits per heavy atom. The maximum atomic E-state index is 12.3. The van der Waals surface area contributed by atoms with Gasteiger partial charge in [0.2, 0.25) is 0 Å². The minimum atomic E-state index is -0.159. The Morgan fingerprint density at radius 1 is 1.40 bits per heavy atom. The van der Waals surface area contributed by atoms with Crippen molar-refractivity contribution in [1.82, 2.24) is 13.6 Å². The van der Waals surface area contributed by atoms with Crippen molar-refractivity contribution >= 4 is 23.6 Å². The monoisotopic (exact) mass is 290 g/mol. The van der Waals surface area contributed by atoms with Crippen LogP contribution in [0.4, 0.5) is 10.6 Å². The highest BCUT2D eigenvalue weighted by atomic mass is 32.1. The number of amides is 2. The molecule has 2 aromatic rings. The molecule has 104 valence electrons. The van der Waals surface area contributed by atoms with Gasteiger partial charge in [-0.2, -0.15) is 8.75 Å². The molecule has 2 N–H and O–H groups in total. The zero-order chi connectivity index (χ0) is 13.9. The quantitative estimate of drug-likeness (QED) is 0.891. The summed E-state index contributed by atoms with van der Waals surface area (Å²) < 4.78 is 7.83. The van der Waals surface area contributed by atoms with Crippen LogP contribution < -0.4 is 5.32 Å². The van der Waals surface area contributed by atoms with E-state index in [1.54, 1.807) is 17.0 Å². The lowest BCUT2D eigenvalue weighted by Crippen LogP contribution is -2.34. The van der Waals surface area contributed by atoms with E-state index < -0.39 is 0 Å². The number of benzene rings is 1. The minimum absolute atomic E-state index is 0.0437. The van der Waals surface area contributed by atoms with E-state index in [2.05, 4.69) is 14.1 Å². The molecular weight excluding hydrogens is 276 g/mol. The van der Waals surface area contributed by atoms with Crippen molar-refractivity contribution < 1.29 is 9.90 Å². The van der Waals surface area contributed by atoms with Crippen LogP contribution in [-0.2, 0) is 0 Å². The molecule has 7 heteroatoms. The zero-order valence-corrected chi connectivity index (χ0v) is 11.5. The molecule has 1 saturated heterocycles. The van der Waals surface area contributed by atoms with Gasteiger partial charge in [-0.1, -0.05) is 12.1 Å². The molecule has 2 amide bonds. The Morgan fingerprint density at radius 3 is 2.90 bits per heavy atom. The Balaban J connectivity index is 1.75. The van der Waals surface area contributed by atoms with Crippen LogP contribution in [0.15, 0.2) is 30.5 Å². The van der Waals surface area contributed by atoms with Crippen LogP contribution in [0.3, 0.4) is 0 Å². The number of carbonyl (C=O) groups is 1. The van der Waals surface area contributed by atoms with Crippen molar-refractivity contribution in [2.45, 2.75) is 18.9 Å². The molecule has 1 atom stereocenters. The van der Waals surface area contributed by atoms with Crippen LogP contribution in [0, 0.1) is 0 Å². The molecule has 2 heterocycles. The number of urea groups is 1. The van der Waals surface area contributed by atoms with Gasteiger partial charge in [0, 0.05) is 6.54 Å². The highest BCUT2D eigenvalue weighted by Crippen LogP contribution is 2.32. The summed E-state index contributed by atoms with van der Waals surface area (Å²) in [6.45, 7) is 0.717. The summed E-state index contributed by atoms with van der Waals surface area (Å²) in [5.74, 6) is 0.715. The van der Waals surface area contributed by atoms with Gasteiger partial charge in [-0.15, -0.1) is 0 Å². The Labute approximate surface area is 120 Å². The second-order valence-electron chi connectivity index (χ2n) is 4.67. The fourth-order valence-electron chi connectivity index (χ4n) is 2.45. The summed E-state index contributed by atoms with van der Waals surface area (Å²) in [7, 11) is 0. The standard InChI is InChI=1S/C13H14N4O2S/c18-10-5-3-9(4-6-10)11-2-1-7-17(11)13(19)15-12-8-14-20-16-12/h3-6,8,11,18H,1-2,7H2,(H,15,16,19). The lowest BCUT2D eigenvalue weighted by molar-refractivity contribution is 0.207. The Kier molecular flexibility index (Phi) is 3.51. The third kappa shape index (κ3) is 2.57. The first-order valence-electron chi connectivity index (χ1n) is 6.38. The van der Waals surface area contributed by atoms with Gasteiger partial charge in [0.1, 0.15) is 5.75 Å². The van der Waals surface area contributed by atoms with E-state index in [9.17, 15) is 9.90 Å². The number of aromatic nitrogens is 2. The molecule has 1 aliphatic rings. The largest absolute Gasteiger partial charge is 0.508 e. The Bertz CT molecular complexity index is 585. The van der Waals surface area contributed by atoms with E-state index in [1.165, 1.54) is 6.20 Å². The van der Waals surface area contributed by atoms with Crippen molar-refractivity contribution in [3.05, 3.63) is 36.0 Å². The van der Waals surface area contributed by atoms with Crippen LogP contribution in [0.2, 0.25) is 0 Å². The lowest BCUT2D eigenvalue weighted by atomic mass is 10.0. The van der Waals surface area contributed by atoms with Crippen LogP contribution in [-0.4, -0.2) is 31.3 Å². The van der Waals surface area contributed by atoms with E-state index in [0.717, 1.165) is 36.7 Å². The van der Waals surface area contributed by atoms with E-state index in [0.29, 0.717) is 5.82 Å². The summed E-state index contributed by atoms with van der Waals surface area (Å²) in [5, 5.41) is 12.1. The number of aromatic hydroxyl groups is 1. The molecule has 0 spiro atoms. The molecule has 1 fully saturated rings. The average molecular weight is 290 g/mol. The molecular formula is C13H14N4O2S. The molecule has 6 nitrogen and oxygen atoms in total. The summed E-state index contributed by atoms with van der Waals surface area (Å²) in [4.78, 5) is 14.1. The molecule has 1 unspecified atom stereocenters. The minimum Gasteiger partial charge on any atom is -0.508 e. The third-order valence-corrected chi connectivity index (χ3v) is 3.87. The summed E-state index contributed by atoms with van der Waals surface area (Å²) >= 11 is 1.06. The number of rotatable bonds is 2. The van der Waals surface area contributed by atoms with Gasteiger partial charge >= 0.3 is 6.03 Å². The SMILES string of the molecule is O=C(Nc1cnsn1)N1CCCC1c1ccc(O)cc1. The predicted octanol–water partition coefficient (Wildman–Crippen LogP) is 2.61. The molecule has 3 rings (SSSR count). The smallest absolute Gasteiger partial charge is 0.323 e. The maximum absolute atomic E-state index is 12.3. The van der Waals surface area contributed by atoms with Gasteiger partial charge in [0.05, 0.1) is 24.0 Å². The number of nitrogens with zero attached hydrogens (tertiary/aromatic N) is 3. The van der Waals surface area contributed by atoms with Crippen molar-refractivity contribution in [3.63, 3.8) is 0 Å². The summed E-state index contributed by atoms with van der Waals surface area (Å²) in [6, 6.07) is 6.89. The molecule has 20 heavy (non-hydrogen) atoms. The van der Waals surface area contributed by atoms with Gasteiger partial charge in [0.25, 0.3) is 0 Å². The number of anilines is 1. The number of likely N-dealkylation sites (tertiary alicyclic amines) is 1. The summed E-state index contributed by atoms with van der Waals surface area (Å²) in [6.07, 6.45) is 3.43. The van der Waals surface area contributed by atoms with E-state index >= 15 is 0 Å². The first-order valence-corrected chi connectivity index (χ1v) is 7.11. The normalized spacial score (nSPS) is 18.2. The molecule has 0 bridgehead atoms. The molecule has 1 aromatic carbocycles. The van der Waals surface area contributed by atoms with Crippen LogP contribution in [0.1, 0.15) is 24.4 Å². The van der Waals surface area contributed by atoms with Crippen molar-refractivity contribution in [3.8, 4) is 5.75 Å². The van der Waals surface area contributed by atoms with Crippen LogP contribution in [0.5, 0.6) is 5.75 Å². The first-order chi connectivity index (χ1) is 9.74. The van der Waals surface area contributed by atoms with Crippen LogP contribution >= 0.6 is 11.7 Å². The fourth-order valence-corrected chi connectivity index (χ4v) is 2.83. The van der Waals surface area contributed by atoms with Crippen LogP contribution in [0.25, 0.3) is 0 Å². The van der Waals surface area contributed by atoms with Gasteiger partial charge < -0.3 is 10.0 Å². The van der Waals surface area contributed by atoms with E-state index in [-0.39, 0.29) is 17.8 Å². The number of nitrogens with one attached hydrogen (secondary N) is 1. The lowest BCUT2D eigenvalue weighted by Gasteiger charge is -2.24. The van der Waals surface area contributed by atoms with Gasteiger partial charge in [-0.25, -0.2) is 4.79 Å². The third-order valence-electron chi connectivity index (χ3n) is 3.39. The number of hydrogen-bond donors (Lipinski definition) is 2. The van der Waals surface area contributed by atoms with Crippen molar-refractivity contribution in [1.29, 1.82) is 0 Å². The van der Waals surface area contributed by atoms with Gasteiger partial charge in [-0.3, -0.25) is 5.32 Å². The van der Waals surface area contributed by atoms with Crippen molar-refractivity contribution in [2.75, 3.05) is 11.9 Å². The van der Waals surface area contributed by atoms with Gasteiger partial charge in [0.15, 0.2) is 5.82 Å². The predicted molar refractivity (Wildman–Crippen MR) is 75.7 cm³/mol. The molecule has 1 aliphatic heterocycles. The number of phenolic OH excluding ortho intramolecular Hbond substituents is 1.